The Morgan fingerprint density at radius 3 is 2.07 bits per heavy atom. The summed E-state index contributed by atoms with van der Waals surface area (Å²) in [7, 11) is 0. The molecule has 1 rings (SSSR count). The highest BCUT2D eigenvalue weighted by molar-refractivity contribution is 9.10. The molecule has 1 N–H and O–H groups in total. The fourth-order valence-corrected chi connectivity index (χ4v) is 3.85. The van der Waals surface area contributed by atoms with Gasteiger partial charge in [0.05, 0.1) is 0 Å². The van der Waals surface area contributed by atoms with Gasteiger partial charge in [-0.05, 0) is 49.9 Å². The van der Waals surface area contributed by atoms with Gasteiger partial charge in [-0.2, -0.15) is 0 Å². The molecule has 1 unspecified atom stereocenters. The van der Waals surface area contributed by atoms with Gasteiger partial charge >= 0.3 is 0 Å². The zero-order valence-corrected chi connectivity index (χ0v) is 19.6. The predicted octanol–water partition coefficient (Wildman–Crippen LogP) is 8.62. The summed E-state index contributed by atoms with van der Waals surface area (Å²) in [5.74, 6) is 0. The molecule has 0 aromatic heterocycles. The molecule has 0 fully saturated rings. The van der Waals surface area contributed by atoms with Crippen molar-refractivity contribution in [2.75, 3.05) is 11.9 Å². The average Bonchev–Trinajstić information content (AvgIpc) is 2.65. The minimum Gasteiger partial charge on any atom is -0.360 e. The van der Waals surface area contributed by atoms with Gasteiger partial charge in [0.15, 0.2) is 0 Å². The summed E-state index contributed by atoms with van der Waals surface area (Å²) in [6.45, 7) is 7.56. The largest absolute Gasteiger partial charge is 0.360 e. The maximum atomic E-state index is 6.23. The van der Waals surface area contributed by atoms with Crippen molar-refractivity contribution in [1.29, 1.82) is 0 Å². The Morgan fingerprint density at radius 2 is 1.44 bits per heavy atom. The van der Waals surface area contributed by atoms with Crippen LogP contribution in [0, 0.1) is 6.92 Å². The summed E-state index contributed by atoms with van der Waals surface area (Å²) in [5.41, 5.74) is 2.46. The molecule has 0 bridgehead atoms. The average molecular weight is 441 g/mol. The Bertz CT molecular complexity index is 477. The maximum Gasteiger partial charge on any atom is 0.127 e. The second kappa shape index (κ2) is 16.4. The van der Waals surface area contributed by atoms with E-state index >= 15 is 0 Å². The Balaban J connectivity index is 2.38. The molecule has 1 atom stereocenters. The zero-order valence-electron chi connectivity index (χ0n) is 18.0. The second-order valence-corrected chi connectivity index (χ2v) is 8.70. The predicted molar refractivity (Wildman–Crippen MR) is 124 cm³/mol. The zero-order chi connectivity index (χ0) is 19.7. The Labute approximate surface area is 177 Å². The number of benzene rings is 1. The third-order valence-electron chi connectivity index (χ3n) is 5.14. The third kappa shape index (κ3) is 12.5. The van der Waals surface area contributed by atoms with E-state index in [9.17, 15) is 0 Å². The lowest BCUT2D eigenvalue weighted by atomic mass is 10.1. The van der Waals surface area contributed by atoms with E-state index in [-0.39, 0.29) is 6.23 Å². The summed E-state index contributed by atoms with van der Waals surface area (Å²) in [5, 5.41) is 3.64. The molecule has 0 saturated carbocycles. The molecule has 156 valence electrons. The number of anilines is 1. The van der Waals surface area contributed by atoms with Crippen molar-refractivity contribution in [1.82, 2.24) is 0 Å². The van der Waals surface area contributed by atoms with Gasteiger partial charge in [0.1, 0.15) is 6.23 Å². The normalized spacial score (nSPS) is 12.3. The summed E-state index contributed by atoms with van der Waals surface area (Å²) in [6, 6.07) is 6.42. The molecular formula is C24H42BrNO. The van der Waals surface area contributed by atoms with Crippen molar-refractivity contribution < 1.29 is 4.74 Å². The Morgan fingerprint density at radius 1 is 0.852 bits per heavy atom. The number of rotatable bonds is 17. The lowest BCUT2D eigenvalue weighted by Gasteiger charge is -2.22. The van der Waals surface area contributed by atoms with Gasteiger partial charge in [0.2, 0.25) is 0 Å². The van der Waals surface area contributed by atoms with Crippen LogP contribution in [-0.2, 0) is 4.74 Å². The fourth-order valence-electron chi connectivity index (χ4n) is 3.38. The lowest BCUT2D eigenvalue weighted by Crippen LogP contribution is -2.24. The molecule has 0 heterocycles. The Kier molecular flexibility index (Phi) is 14.9. The quantitative estimate of drug-likeness (QED) is 0.193. The van der Waals surface area contributed by atoms with Crippen LogP contribution in [0.15, 0.2) is 22.7 Å². The van der Waals surface area contributed by atoms with Crippen molar-refractivity contribution in [3.05, 3.63) is 28.2 Å². The van der Waals surface area contributed by atoms with E-state index in [0.717, 1.165) is 17.5 Å². The first-order valence-electron chi connectivity index (χ1n) is 11.3. The number of halogens is 1. The van der Waals surface area contributed by atoms with Gasteiger partial charge in [-0.25, -0.2) is 0 Å². The number of unbranched alkanes of at least 4 members (excludes halogenated alkanes) is 10. The van der Waals surface area contributed by atoms with Crippen LogP contribution < -0.4 is 5.32 Å². The first-order chi connectivity index (χ1) is 13.2. The molecule has 3 heteroatoms. The standard InChI is InChI=1S/C24H42BrNO/c1-4-6-8-10-11-12-14-16-24(27-19-15-13-9-7-5-2)26-23-18-17-22(25)20-21(23)3/h17-18,20,24,26H,4-16,19H2,1-3H3. The van der Waals surface area contributed by atoms with E-state index in [1.165, 1.54) is 88.3 Å². The molecule has 2 nitrogen and oxygen atoms in total. The molecule has 27 heavy (non-hydrogen) atoms. The summed E-state index contributed by atoms with van der Waals surface area (Å²) in [4.78, 5) is 0. The van der Waals surface area contributed by atoms with Gasteiger partial charge in [0, 0.05) is 16.8 Å². The molecule has 1 aromatic rings. The summed E-state index contributed by atoms with van der Waals surface area (Å²) >= 11 is 3.55. The molecule has 0 radical (unpaired) electrons. The third-order valence-corrected chi connectivity index (χ3v) is 5.63. The highest BCUT2D eigenvalue weighted by Gasteiger charge is 2.10. The lowest BCUT2D eigenvalue weighted by molar-refractivity contribution is 0.0617. The molecule has 0 aliphatic heterocycles. The smallest absolute Gasteiger partial charge is 0.127 e. The highest BCUT2D eigenvalue weighted by atomic mass is 79.9. The van der Waals surface area contributed by atoms with E-state index in [4.69, 9.17) is 4.74 Å². The van der Waals surface area contributed by atoms with Crippen LogP contribution in [0.1, 0.15) is 103 Å². The van der Waals surface area contributed by atoms with Crippen LogP contribution in [0.2, 0.25) is 0 Å². The fraction of sp³-hybridized carbons (Fsp3) is 0.750. The van der Waals surface area contributed by atoms with Gasteiger partial charge in [0.25, 0.3) is 0 Å². The summed E-state index contributed by atoms with van der Waals surface area (Å²) < 4.78 is 7.36. The second-order valence-electron chi connectivity index (χ2n) is 7.79. The van der Waals surface area contributed by atoms with E-state index in [1.54, 1.807) is 0 Å². The van der Waals surface area contributed by atoms with E-state index in [0.29, 0.717) is 0 Å². The SMILES string of the molecule is CCCCCCCCCC(Nc1ccc(Br)cc1C)OCCCCCCC. The number of hydrogen-bond acceptors (Lipinski definition) is 2. The van der Waals surface area contributed by atoms with Crippen molar-refractivity contribution in [2.24, 2.45) is 0 Å². The van der Waals surface area contributed by atoms with Crippen LogP contribution in [0.5, 0.6) is 0 Å². The van der Waals surface area contributed by atoms with Crippen LogP contribution in [0.4, 0.5) is 5.69 Å². The molecule has 0 aliphatic carbocycles. The molecule has 0 spiro atoms. The number of aryl methyl sites for hydroxylation is 1. The van der Waals surface area contributed by atoms with Crippen molar-refractivity contribution >= 4 is 21.6 Å². The highest BCUT2D eigenvalue weighted by Crippen LogP contribution is 2.22. The number of ether oxygens (including phenoxy) is 1. The summed E-state index contributed by atoms with van der Waals surface area (Å²) in [6.07, 6.45) is 17.1. The van der Waals surface area contributed by atoms with Crippen LogP contribution >= 0.6 is 15.9 Å². The van der Waals surface area contributed by atoms with Crippen LogP contribution in [-0.4, -0.2) is 12.8 Å². The van der Waals surface area contributed by atoms with E-state index in [2.05, 4.69) is 60.2 Å². The first-order valence-corrected chi connectivity index (χ1v) is 12.1. The van der Waals surface area contributed by atoms with Crippen molar-refractivity contribution in [2.45, 2.75) is 110 Å². The monoisotopic (exact) mass is 439 g/mol. The van der Waals surface area contributed by atoms with Gasteiger partial charge in [-0.15, -0.1) is 0 Å². The molecule has 0 amide bonds. The number of hydrogen-bond donors (Lipinski definition) is 1. The topological polar surface area (TPSA) is 21.3 Å². The van der Waals surface area contributed by atoms with E-state index in [1.807, 2.05) is 0 Å². The minimum absolute atomic E-state index is 0.131. The first kappa shape index (κ1) is 24.5. The van der Waals surface area contributed by atoms with Gasteiger partial charge < -0.3 is 10.1 Å². The number of nitrogens with one attached hydrogen (secondary N) is 1. The van der Waals surface area contributed by atoms with Crippen molar-refractivity contribution in [3.63, 3.8) is 0 Å². The van der Waals surface area contributed by atoms with E-state index < -0.39 is 0 Å². The Hall–Kier alpha value is -0.540. The van der Waals surface area contributed by atoms with Crippen LogP contribution in [0.3, 0.4) is 0 Å². The molecule has 0 aliphatic rings. The molecular weight excluding hydrogens is 398 g/mol. The molecule has 0 saturated heterocycles. The maximum absolute atomic E-state index is 6.23. The van der Waals surface area contributed by atoms with Crippen molar-refractivity contribution in [3.8, 4) is 0 Å². The molecule has 1 aromatic carbocycles. The van der Waals surface area contributed by atoms with Gasteiger partial charge in [-0.3, -0.25) is 0 Å². The van der Waals surface area contributed by atoms with Crippen LogP contribution in [0.25, 0.3) is 0 Å². The van der Waals surface area contributed by atoms with Gasteiger partial charge in [-0.1, -0.05) is 94.0 Å². The minimum atomic E-state index is 0.131.